The zero-order valence-corrected chi connectivity index (χ0v) is 15.5. The lowest BCUT2D eigenvalue weighted by atomic mass is 10.3. The number of nitrogens with zero attached hydrogens (tertiary/aromatic N) is 5. The minimum absolute atomic E-state index is 0.0792. The lowest BCUT2D eigenvalue weighted by Crippen LogP contribution is -2.11. The van der Waals surface area contributed by atoms with Gasteiger partial charge in [0, 0.05) is 12.4 Å². The first-order valence-corrected chi connectivity index (χ1v) is 9.21. The van der Waals surface area contributed by atoms with Crippen LogP contribution in [0, 0.1) is 0 Å². The maximum Gasteiger partial charge on any atom is 0.247 e. The van der Waals surface area contributed by atoms with Gasteiger partial charge in [-0.1, -0.05) is 18.7 Å². The molecule has 10 heteroatoms. The highest BCUT2D eigenvalue weighted by Crippen LogP contribution is 2.20. The molecule has 0 aliphatic rings. The van der Waals surface area contributed by atoms with E-state index >= 15 is 0 Å². The predicted octanol–water partition coefficient (Wildman–Crippen LogP) is 2.16. The molecule has 27 heavy (non-hydrogen) atoms. The van der Waals surface area contributed by atoms with Crippen LogP contribution in [0.15, 0.2) is 41.7 Å². The van der Waals surface area contributed by atoms with Crippen molar-refractivity contribution in [3.63, 3.8) is 0 Å². The molecular weight excluding hydrogens is 366 g/mol. The number of aliphatic imine (C=N–C) groups is 1. The average molecular weight is 385 g/mol. The van der Waals surface area contributed by atoms with Gasteiger partial charge in [-0.15, -0.1) is 0 Å². The van der Waals surface area contributed by atoms with Gasteiger partial charge in [0.1, 0.15) is 19.0 Å². The minimum Gasteiger partial charge on any atom is -0.490 e. The average Bonchev–Trinajstić information content (AvgIpc) is 2.66. The van der Waals surface area contributed by atoms with E-state index in [1.807, 2.05) is 31.2 Å². The number of hydrogen-bond donors (Lipinski definition) is 2. The summed E-state index contributed by atoms with van der Waals surface area (Å²) in [4.78, 5) is 20.6. The summed E-state index contributed by atoms with van der Waals surface area (Å²) in [6, 6.07) is 7.33. The Morgan fingerprint density at radius 1 is 1.07 bits per heavy atom. The second-order valence-corrected chi connectivity index (χ2v) is 6.47. The summed E-state index contributed by atoms with van der Waals surface area (Å²) >= 11 is 1.50. The van der Waals surface area contributed by atoms with Gasteiger partial charge in [-0.3, -0.25) is 0 Å². The molecule has 0 amide bonds. The lowest BCUT2D eigenvalue weighted by molar-refractivity contribution is 0.213. The summed E-state index contributed by atoms with van der Waals surface area (Å²) in [6.45, 7) is 2.61. The smallest absolute Gasteiger partial charge is 0.247 e. The third kappa shape index (κ3) is 5.17. The van der Waals surface area contributed by atoms with Crippen LogP contribution in [-0.4, -0.2) is 44.1 Å². The van der Waals surface area contributed by atoms with E-state index in [1.54, 1.807) is 6.20 Å². The molecule has 0 bridgehead atoms. The summed E-state index contributed by atoms with van der Waals surface area (Å²) in [5, 5.41) is 0.541. The second-order valence-electron chi connectivity index (χ2n) is 5.19. The SMILES string of the molecule is CCSC(N)=Nc1ccc(OCCOc2nc(N)nc3nccnc23)cc1. The van der Waals surface area contributed by atoms with E-state index < -0.39 is 0 Å². The summed E-state index contributed by atoms with van der Waals surface area (Å²) in [5.74, 6) is 1.94. The number of nitrogens with two attached hydrogens (primary N) is 2. The zero-order valence-electron chi connectivity index (χ0n) is 14.7. The number of nitrogen functional groups attached to an aromatic ring is 1. The van der Waals surface area contributed by atoms with Crippen molar-refractivity contribution in [1.29, 1.82) is 0 Å². The summed E-state index contributed by atoms with van der Waals surface area (Å²) in [7, 11) is 0. The Bertz CT molecular complexity index is 934. The summed E-state index contributed by atoms with van der Waals surface area (Å²) in [5.41, 5.74) is 13.1. The monoisotopic (exact) mass is 385 g/mol. The number of thioether (sulfide) groups is 1. The van der Waals surface area contributed by atoms with Crippen LogP contribution in [0.3, 0.4) is 0 Å². The minimum atomic E-state index is 0.0792. The molecule has 0 spiro atoms. The van der Waals surface area contributed by atoms with E-state index in [-0.39, 0.29) is 18.4 Å². The number of ether oxygens (including phenoxy) is 2. The Morgan fingerprint density at radius 2 is 1.81 bits per heavy atom. The molecule has 3 rings (SSSR count). The highest BCUT2D eigenvalue weighted by atomic mass is 32.2. The van der Waals surface area contributed by atoms with Gasteiger partial charge in [0.05, 0.1) is 5.69 Å². The molecule has 0 saturated heterocycles. The number of amidine groups is 1. The molecule has 2 heterocycles. The number of rotatable bonds is 7. The number of fused-ring (bicyclic) bond motifs is 1. The fraction of sp³-hybridized carbons (Fsp3) is 0.235. The first kappa shape index (κ1) is 18.6. The van der Waals surface area contributed by atoms with E-state index in [4.69, 9.17) is 20.9 Å². The van der Waals surface area contributed by atoms with Gasteiger partial charge in [-0.25, -0.2) is 15.0 Å². The third-order valence-electron chi connectivity index (χ3n) is 3.28. The van der Waals surface area contributed by atoms with E-state index in [9.17, 15) is 0 Å². The first-order valence-electron chi connectivity index (χ1n) is 8.22. The van der Waals surface area contributed by atoms with E-state index in [2.05, 4.69) is 24.9 Å². The van der Waals surface area contributed by atoms with Gasteiger partial charge in [-0.2, -0.15) is 9.97 Å². The van der Waals surface area contributed by atoms with Crippen molar-refractivity contribution >= 4 is 39.7 Å². The molecule has 9 nitrogen and oxygen atoms in total. The molecule has 1 aromatic carbocycles. The first-order chi connectivity index (χ1) is 13.2. The van der Waals surface area contributed by atoms with E-state index in [1.165, 1.54) is 18.0 Å². The third-order valence-corrected chi connectivity index (χ3v) is 3.95. The Morgan fingerprint density at radius 3 is 2.59 bits per heavy atom. The van der Waals surface area contributed by atoms with Crippen LogP contribution in [0.1, 0.15) is 6.92 Å². The highest BCUT2D eigenvalue weighted by molar-refractivity contribution is 8.13. The van der Waals surface area contributed by atoms with Crippen molar-refractivity contribution in [2.75, 3.05) is 24.7 Å². The Kier molecular flexibility index (Phi) is 6.21. The van der Waals surface area contributed by atoms with E-state index in [0.717, 1.165) is 11.4 Å². The van der Waals surface area contributed by atoms with Crippen LogP contribution in [0.5, 0.6) is 11.6 Å². The zero-order chi connectivity index (χ0) is 19.1. The van der Waals surface area contributed by atoms with Crippen molar-refractivity contribution in [3.05, 3.63) is 36.7 Å². The largest absolute Gasteiger partial charge is 0.490 e. The van der Waals surface area contributed by atoms with Crippen LogP contribution in [-0.2, 0) is 0 Å². The van der Waals surface area contributed by atoms with Gasteiger partial charge in [-0.05, 0) is 30.0 Å². The van der Waals surface area contributed by atoms with Crippen molar-refractivity contribution in [2.45, 2.75) is 6.92 Å². The van der Waals surface area contributed by atoms with Crippen LogP contribution < -0.4 is 20.9 Å². The quantitative estimate of drug-likeness (QED) is 0.356. The van der Waals surface area contributed by atoms with Crippen LogP contribution in [0.2, 0.25) is 0 Å². The normalized spacial score (nSPS) is 11.5. The molecular formula is C17H19N7O2S. The predicted molar refractivity (Wildman–Crippen MR) is 106 cm³/mol. The van der Waals surface area contributed by atoms with Crippen molar-refractivity contribution in [3.8, 4) is 11.6 Å². The van der Waals surface area contributed by atoms with Gasteiger partial charge in [0.2, 0.25) is 11.8 Å². The van der Waals surface area contributed by atoms with E-state index in [0.29, 0.717) is 28.7 Å². The second kappa shape index (κ2) is 8.99. The highest BCUT2D eigenvalue weighted by Gasteiger charge is 2.09. The number of anilines is 1. The number of benzene rings is 1. The van der Waals surface area contributed by atoms with Gasteiger partial charge < -0.3 is 20.9 Å². The standard InChI is InChI=1S/C17H19N7O2S/c1-2-27-17(19)22-11-3-5-12(6-4-11)25-9-10-26-15-13-14(21-8-7-20-13)23-16(18)24-15/h3-8H,2,9-10H2,1H3,(H2,19,22)(H2,18,21,23,24). The molecule has 0 aliphatic heterocycles. The lowest BCUT2D eigenvalue weighted by Gasteiger charge is -2.09. The molecule has 0 radical (unpaired) electrons. The number of hydrogen-bond acceptors (Lipinski definition) is 9. The Balaban J connectivity index is 1.54. The Labute approximate surface area is 160 Å². The van der Waals surface area contributed by atoms with Crippen molar-refractivity contribution < 1.29 is 9.47 Å². The maximum atomic E-state index is 5.79. The molecule has 4 N–H and O–H groups in total. The molecule has 0 unspecified atom stereocenters. The van der Waals surface area contributed by atoms with Crippen molar-refractivity contribution in [1.82, 2.24) is 19.9 Å². The van der Waals surface area contributed by atoms with Crippen molar-refractivity contribution in [2.24, 2.45) is 10.7 Å². The molecule has 0 fully saturated rings. The molecule has 140 valence electrons. The molecule has 0 atom stereocenters. The summed E-state index contributed by atoms with van der Waals surface area (Å²) < 4.78 is 11.3. The Hall–Kier alpha value is -3.14. The molecule has 3 aromatic rings. The van der Waals surface area contributed by atoms with Crippen LogP contribution >= 0.6 is 11.8 Å². The molecule has 0 aliphatic carbocycles. The number of aromatic nitrogens is 4. The van der Waals surface area contributed by atoms with Crippen LogP contribution in [0.25, 0.3) is 11.2 Å². The van der Waals surface area contributed by atoms with Gasteiger partial charge in [0.25, 0.3) is 0 Å². The van der Waals surface area contributed by atoms with Gasteiger partial charge in [0.15, 0.2) is 16.3 Å². The molecule has 2 aromatic heterocycles. The topological polar surface area (TPSA) is 134 Å². The molecule has 0 saturated carbocycles. The maximum absolute atomic E-state index is 5.79. The van der Waals surface area contributed by atoms with Gasteiger partial charge >= 0.3 is 0 Å². The van der Waals surface area contributed by atoms with Crippen LogP contribution in [0.4, 0.5) is 11.6 Å². The summed E-state index contributed by atoms with van der Waals surface area (Å²) in [6.07, 6.45) is 3.07. The fourth-order valence-corrected chi connectivity index (χ4v) is 2.64. The fourth-order valence-electron chi connectivity index (χ4n) is 2.18.